The van der Waals surface area contributed by atoms with Crippen LogP contribution in [0.3, 0.4) is 0 Å². The molecule has 0 spiro atoms. The first-order valence-corrected chi connectivity index (χ1v) is 13.1. The Bertz CT molecular complexity index is 923. The van der Waals surface area contributed by atoms with Crippen LogP contribution in [0.5, 0.6) is 5.75 Å². The Balaban J connectivity index is 1.67. The molecule has 1 amide bonds. The molecule has 1 aliphatic rings. The highest BCUT2D eigenvalue weighted by Crippen LogP contribution is 2.34. The van der Waals surface area contributed by atoms with Crippen LogP contribution in [0.2, 0.25) is 0 Å². The van der Waals surface area contributed by atoms with Crippen LogP contribution in [-0.4, -0.2) is 71.9 Å². The summed E-state index contributed by atoms with van der Waals surface area (Å²) in [7, 11) is 0. The fourth-order valence-corrected chi connectivity index (χ4v) is 5.21. The summed E-state index contributed by atoms with van der Waals surface area (Å²) in [6.45, 7) is 12.9. The molecule has 34 heavy (non-hydrogen) atoms. The van der Waals surface area contributed by atoms with Crippen LogP contribution in [-0.2, 0) is 16.0 Å². The summed E-state index contributed by atoms with van der Waals surface area (Å²) < 4.78 is 11.9. The lowest BCUT2D eigenvalue weighted by atomic mass is 10.0. The van der Waals surface area contributed by atoms with Gasteiger partial charge >= 0.3 is 0 Å². The van der Waals surface area contributed by atoms with E-state index >= 15 is 0 Å². The summed E-state index contributed by atoms with van der Waals surface area (Å²) in [5.74, 6) is 0.899. The maximum atomic E-state index is 13.5. The third kappa shape index (κ3) is 7.80. The smallest absolute Gasteiger partial charge is 0.237 e. The van der Waals surface area contributed by atoms with Gasteiger partial charge in [0, 0.05) is 18.0 Å². The number of fused-ring (bicyclic) bond motifs is 1. The van der Waals surface area contributed by atoms with Crippen LogP contribution >= 0.6 is 11.3 Å². The molecule has 0 aliphatic carbocycles. The molecule has 0 radical (unpaired) electrons. The molecule has 6 nitrogen and oxygen atoms in total. The number of aryl methyl sites for hydroxylation is 1. The van der Waals surface area contributed by atoms with Crippen LogP contribution in [0.4, 0.5) is 0 Å². The topological polar surface area (TPSA) is 62.2 Å². The normalized spacial score (nSPS) is 17.0. The van der Waals surface area contributed by atoms with Gasteiger partial charge in [-0.15, -0.1) is 11.3 Å². The number of ether oxygens (including phenoxy) is 2. The highest BCUT2D eigenvalue weighted by Gasteiger charge is 2.33. The van der Waals surface area contributed by atoms with Crippen LogP contribution in [0, 0.1) is 6.92 Å². The Kier molecular flexibility index (Phi) is 9.54. The number of aliphatic hydroxyl groups is 1. The zero-order chi connectivity index (χ0) is 24.7. The summed E-state index contributed by atoms with van der Waals surface area (Å²) in [5, 5.41) is 12.6. The van der Waals surface area contributed by atoms with Crippen molar-refractivity contribution in [3.63, 3.8) is 0 Å². The maximum Gasteiger partial charge on any atom is 0.237 e. The van der Waals surface area contributed by atoms with Gasteiger partial charge in [-0.3, -0.25) is 9.69 Å². The van der Waals surface area contributed by atoms with Gasteiger partial charge in [0.05, 0.1) is 30.9 Å². The average molecular weight is 489 g/mol. The monoisotopic (exact) mass is 488 g/mol. The van der Waals surface area contributed by atoms with Crippen molar-refractivity contribution < 1.29 is 19.4 Å². The third-order valence-corrected chi connectivity index (χ3v) is 6.89. The molecule has 1 aliphatic heterocycles. The van der Waals surface area contributed by atoms with Crippen molar-refractivity contribution in [3.8, 4) is 5.75 Å². The van der Waals surface area contributed by atoms with Crippen LogP contribution < -0.4 is 4.74 Å². The Labute approximate surface area is 208 Å². The second-order valence-corrected chi connectivity index (χ2v) is 11.1. The van der Waals surface area contributed by atoms with Gasteiger partial charge in [0.1, 0.15) is 12.4 Å². The highest BCUT2D eigenvalue weighted by molar-refractivity contribution is 7.10. The highest BCUT2D eigenvalue weighted by atomic mass is 32.1. The molecule has 1 N–H and O–H groups in total. The number of amides is 1. The number of benzene rings is 1. The Hall–Kier alpha value is -1.93. The number of carbonyl (C=O) groups is 1. The minimum atomic E-state index is -0.635. The number of hydrogen-bond donors (Lipinski definition) is 1. The zero-order valence-electron chi connectivity index (χ0n) is 21.3. The lowest BCUT2D eigenvalue weighted by molar-refractivity contribution is -0.136. The van der Waals surface area contributed by atoms with Gasteiger partial charge in [0.15, 0.2) is 0 Å². The van der Waals surface area contributed by atoms with E-state index in [1.807, 2.05) is 61.8 Å². The standard InChI is InChI=1S/C27H40N2O4S/c1-6-12-28(16-21(30)18-33-27(3,4)5)17-26(31)29-13-10-25-23(11-14-34-25)24(29)19-32-22-9-7-8-20(2)15-22/h7-9,11,14-15,21,24,30H,6,10,12-13,16-19H2,1-5H3/t21-,24-/m1/s1. The Morgan fingerprint density at radius 2 is 2.12 bits per heavy atom. The first-order chi connectivity index (χ1) is 16.2. The van der Waals surface area contributed by atoms with Crippen molar-refractivity contribution in [1.29, 1.82) is 0 Å². The van der Waals surface area contributed by atoms with Gasteiger partial charge in [-0.2, -0.15) is 0 Å². The molecule has 1 aromatic heterocycles. The quantitative estimate of drug-likeness (QED) is 0.506. The summed E-state index contributed by atoms with van der Waals surface area (Å²) in [6.07, 6.45) is 1.15. The van der Waals surface area contributed by atoms with Crippen LogP contribution in [0.15, 0.2) is 35.7 Å². The van der Waals surface area contributed by atoms with Crippen molar-refractivity contribution in [3.05, 3.63) is 51.7 Å². The first-order valence-electron chi connectivity index (χ1n) is 12.3. The van der Waals surface area contributed by atoms with Crippen LogP contribution in [0.25, 0.3) is 0 Å². The number of aliphatic hydroxyl groups excluding tert-OH is 1. The average Bonchev–Trinajstić information content (AvgIpc) is 3.25. The fourth-order valence-electron chi connectivity index (χ4n) is 4.29. The van der Waals surface area contributed by atoms with Crippen molar-refractivity contribution in [2.24, 2.45) is 0 Å². The van der Waals surface area contributed by atoms with E-state index in [-0.39, 0.29) is 30.7 Å². The molecule has 3 rings (SSSR count). The molecule has 188 valence electrons. The molecule has 0 unspecified atom stereocenters. The van der Waals surface area contributed by atoms with E-state index in [2.05, 4.69) is 18.4 Å². The largest absolute Gasteiger partial charge is 0.491 e. The Morgan fingerprint density at radius 3 is 2.82 bits per heavy atom. The number of thiophene rings is 1. The third-order valence-electron chi connectivity index (χ3n) is 5.89. The first kappa shape index (κ1) is 26.7. The molecule has 0 fully saturated rings. The van der Waals surface area contributed by atoms with E-state index in [0.29, 0.717) is 19.7 Å². The second-order valence-electron chi connectivity index (χ2n) is 10.1. The molecular weight excluding hydrogens is 448 g/mol. The predicted octanol–water partition coefficient (Wildman–Crippen LogP) is 4.45. The van der Waals surface area contributed by atoms with Crippen molar-refractivity contribution >= 4 is 17.2 Å². The van der Waals surface area contributed by atoms with E-state index in [0.717, 1.165) is 30.7 Å². The minimum Gasteiger partial charge on any atom is -0.491 e. The summed E-state index contributed by atoms with van der Waals surface area (Å²) >= 11 is 1.75. The lowest BCUT2D eigenvalue weighted by Crippen LogP contribution is -2.48. The van der Waals surface area contributed by atoms with Gasteiger partial charge in [0.25, 0.3) is 0 Å². The molecule has 0 bridgehead atoms. The molecule has 1 aromatic carbocycles. The van der Waals surface area contributed by atoms with Crippen molar-refractivity contribution in [1.82, 2.24) is 9.80 Å². The van der Waals surface area contributed by atoms with E-state index in [1.165, 1.54) is 10.4 Å². The molecule has 0 saturated heterocycles. The Morgan fingerprint density at radius 1 is 1.32 bits per heavy atom. The van der Waals surface area contributed by atoms with Crippen molar-refractivity contribution in [2.45, 2.75) is 65.2 Å². The SMILES string of the molecule is CCCN(CC(=O)N1CCc2sccc2[C@H]1COc1cccc(C)c1)C[C@@H](O)COC(C)(C)C. The van der Waals surface area contributed by atoms with Gasteiger partial charge in [0.2, 0.25) is 5.91 Å². The van der Waals surface area contributed by atoms with Gasteiger partial charge in [-0.05, 0) is 81.8 Å². The predicted molar refractivity (Wildman–Crippen MR) is 138 cm³/mol. The van der Waals surface area contributed by atoms with E-state index in [4.69, 9.17) is 9.47 Å². The van der Waals surface area contributed by atoms with Crippen molar-refractivity contribution in [2.75, 3.05) is 39.4 Å². The number of carbonyl (C=O) groups excluding carboxylic acids is 1. The minimum absolute atomic E-state index is 0.0760. The zero-order valence-corrected chi connectivity index (χ0v) is 22.1. The van der Waals surface area contributed by atoms with Crippen LogP contribution in [0.1, 0.15) is 56.2 Å². The number of nitrogens with zero attached hydrogens (tertiary/aromatic N) is 2. The molecule has 2 atom stereocenters. The fraction of sp³-hybridized carbons (Fsp3) is 0.593. The molecular formula is C27H40N2O4S. The molecule has 2 heterocycles. The lowest BCUT2D eigenvalue weighted by Gasteiger charge is -2.37. The summed E-state index contributed by atoms with van der Waals surface area (Å²) in [6, 6.07) is 10.0. The van der Waals surface area contributed by atoms with E-state index in [9.17, 15) is 9.90 Å². The van der Waals surface area contributed by atoms with Gasteiger partial charge in [-0.1, -0.05) is 19.1 Å². The number of rotatable bonds is 11. The summed E-state index contributed by atoms with van der Waals surface area (Å²) in [5.41, 5.74) is 2.04. The second kappa shape index (κ2) is 12.2. The van der Waals surface area contributed by atoms with Gasteiger partial charge in [-0.25, -0.2) is 0 Å². The molecule has 0 saturated carbocycles. The van der Waals surface area contributed by atoms with E-state index in [1.54, 1.807) is 11.3 Å². The maximum absolute atomic E-state index is 13.5. The number of hydrogen-bond acceptors (Lipinski definition) is 6. The van der Waals surface area contributed by atoms with E-state index < -0.39 is 6.10 Å². The summed E-state index contributed by atoms with van der Waals surface area (Å²) in [4.78, 5) is 18.9. The van der Waals surface area contributed by atoms with Gasteiger partial charge < -0.3 is 19.5 Å². The molecule has 7 heteroatoms. The molecule has 2 aromatic rings.